The molecule has 1 atom stereocenters. The topological polar surface area (TPSA) is 76.8 Å². The zero-order chi connectivity index (χ0) is 12.2. The van der Waals surface area contributed by atoms with Crippen molar-refractivity contribution in [2.24, 2.45) is 5.84 Å². The Morgan fingerprint density at radius 1 is 1.69 bits per heavy atom. The molecule has 3 N–H and O–H groups in total. The number of carbonyl (C=O) groups is 1. The summed E-state index contributed by atoms with van der Waals surface area (Å²) in [6.07, 6.45) is 0. The lowest BCUT2D eigenvalue weighted by Gasteiger charge is -2.45. The molecule has 0 aromatic rings. The number of hydrogen-bond acceptors (Lipinski definition) is 5. The van der Waals surface area contributed by atoms with Crippen LogP contribution in [0.3, 0.4) is 0 Å². The molecule has 0 aliphatic carbocycles. The van der Waals surface area contributed by atoms with E-state index in [-0.39, 0.29) is 17.5 Å². The molecule has 0 spiro atoms. The average molecular weight is 231 g/mol. The molecule has 1 aliphatic rings. The Morgan fingerprint density at radius 2 is 2.38 bits per heavy atom. The van der Waals surface area contributed by atoms with Gasteiger partial charge in [-0.3, -0.25) is 15.1 Å². The fourth-order valence-corrected chi connectivity index (χ4v) is 2.01. The Bertz CT molecular complexity index is 245. The Labute approximate surface area is 96.0 Å². The summed E-state index contributed by atoms with van der Waals surface area (Å²) in [6, 6.07) is -0.367. The number of nitrogens with two attached hydrogens (primary N) is 1. The molecule has 0 aromatic carbocycles. The molecule has 1 fully saturated rings. The Hall–Kier alpha value is -0.690. The molecule has 1 heterocycles. The van der Waals surface area contributed by atoms with Crippen molar-refractivity contribution in [1.29, 1.82) is 0 Å². The van der Waals surface area contributed by atoms with Gasteiger partial charge < -0.3 is 9.47 Å². The number of hydrazine groups is 1. The van der Waals surface area contributed by atoms with Gasteiger partial charge in [-0.25, -0.2) is 5.84 Å². The summed E-state index contributed by atoms with van der Waals surface area (Å²) >= 11 is 0. The summed E-state index contributed by atoms with van der Waals surface area (Å²) in [5.41, 5.74) is 2.00. The number of nitrogens with zero attached hydrogens (tertiary/aromatic N) is 1. The van der Waals surface area contributed by atoms with Crippen molar-refractivity contribution in [3.8, 4) is 0 Å². The molecule has 0 saturated carbocycles. The fraction of sp³-hybridized carbons (Fsp3) is 0.900. The van der Waals surface area contributed by atoms with E-state index < -0.39 is 0 Å². The van der Waals surface area contributed by atoms with Crippen LogP contribution in [0, 0.1) is 0 Å². The molecule has 6 heteroatoms. The minimum Gasteiger partial charge on any atom is -0.383 e. The minimum atomic E-state index is -0.367. The van der Waals surface area contributed by atoms with Crippen LogP contribution in [0.15, 0.2) is 0 Å². The van der Waals surface area contributed by atoms with Crippen LogP contribution in [0.5, 0.6) is 0 Å². The maximum atomic E-state index is 11.7. The highest BCUT2D eigenvalue weighted by Crippen LogP contribution is 2.22. The van der Waals surface area contributed by atoms with Crippen LogP contribution in [-0.2, 0) is 14.3 Å². The predicted octanol–water partition coefficient (Wildman–Crippen LogP) is -0.898. The van der Waals surface area contributed by atoms with E-state index in [1.54, 1.807) is 7.11 Å². The number of methoxy groups -OCH3 is 1. The van der Waals surface area contributed by atoms with Gasteiger partial charge in [0.1, 0.15) is 6.04 Å². The summed E-state index contributed by atoms with van der Waals surface area (Å²) in [4.78, 5) is 13.8. The van der Waals surface area contributed by atoms with Crippen LogP contribution in [0.4, 0.5) is 0 Å². The smallest absolute Gasteiger partial charge is 0.253 e. The van der Waals surface area contributed by atoms with Crippen LogP contribution < -0.4 is 11.3 Å². The van der Waals surface area contributed by atoms with E-state index in [0.29, 0.717) is 26.4 Å². The van der Waals surface area contributed by atoms with Gasteiger partial charge >= 0.3 is 0 Å². The minimum absolute atomic E-state index is 0.187. The lowest BCUT2D eigenvalue weighted by atomic mass is 9.99. The van der Waals surface area contributed by atoms with Gasteiger partial charge in [-0.15, -0.1) is 0 Å². The number of ether oxygens (including phenoxy) is 2. The molecule has 1 unspecified atom stereocenters. The first-order valence-electron chi connectivity index (χ1n) is 5.37. The van der Waals surface area contributed by atoms with Crippen molar-refractivity contribution in [2.75, 3.05) is 33.5 Å². The van der Waals surface area contributed by atoms with Gasteiger partial charge in [0, 0.05) is 19.2 Å². The molecular weight excluding hydrogens is 210 g/mol. The number of amides is 1. The van der Waals surface area contributed by atoms with Crippen molar-refractivity contribution >= 4 is 5.91 Å². The van der Waals surface area contributed by atoms with E-state index in [9.17, 15) is 4.79 Å². The second-order valence-electron chi connectivity index (χ2n) is 4.54. The van der Waals surface area contributed by atoms with Crippen molar-refractivity contribution in [3.05, 3.63) is 0 Å². The Morgan fingerprint density at radius 3 is 2.88 bits per heavy atom. The molecule has 94 valence electrons. The molecular formula is C10H21N3O3. The van der Waals surface area contributed by atoms with E-state index in [4.69, 9.17) is 15.3 Å². The second-order valence-corrected chi connectivity index (χ2v) is 4.54. The number of rotatable bonds is 4. The van der Waals surface area contributed by atoms with Gasteiger partial charge in [0.25, 0.3) is 5.91 Å². The number of carbonyl (C=O) groups excluding carboxylic acids is 1. The zero-order valence-corrected chi connectivity index (χ0v) is 10.2. The van der Waals surface area contributed by atoms with Gasteiger partial charge in [0.05, 0.1) is 19.8 Å². The molecule has 0 aromatic heterocycles. The maximum absolute atomic E-state index is 11.7. The maximum Gasteiger partial charge on any atom is 0.253 e. The third kappa shape index (κ3) is 2.91. The number of nitrogens with one attached hydrogen (secondary N) is 1. The lowest BCUT2D eigenvalue weighted by molar-refractivity contribution is -0.139. The summed E-state index contributed by atoms with van der Waals surface area (Å²) in [6.45, 7) is 6.34. The summed E-state index contributed by atoms with van der Waals surface area (Å²) < 4.78 is 10.5. The first kappa shape index (κ1) is 13.4. The predicted molar refractivity (Wildman–Crippen MR) is 59.6 cm³/mol. The summed E-state index contributed by atoms with van der Waals surface area (Å²) in [7, 11) is 1.57. The van der Waals surface area contributed by atoms with Gasteiger partial charge in [-0.05, 0) is 13.8 Å². The van der Waals surface area contributed by atoms with Gasteiger partial charge in [0.15, 0.2) is 0 Å². The molecule has 1 rings (SSSR count). The molecule has 1 amide bonds. The van der Waals surface area contributed by atoms with E-state index in [0.717, 1.165) is 0 Å². The first-order valence-corrected chi connectivity index (χ1v) is 5.37. The molecule has 0 bridgehead atoms. The largest absolute Gasteiger partial charge is 0.383 e. The van der Waals surface area contributed by atoms with Crippen molar-refractivity contribution < 1.29 is 14.3 Å². The van der Waals surface area contributed by atoms with Crippen LogP contribution in [0.25, 0.3) is 0 Å². The molecule has 1 saturated heterocycles. The van der Waals surface area contributed by atoms with E-state index in [1.165, 1.54) is 0 Å². The summed E-state index contributed by atoms with van der Waals surface area (Å²) in [5.74, 6) is 4.96. The molecule has 16 heavy (non-hydrogen) atoms. The average Bonchev–Trinajstić information content (AvgIpc) is 2.25. The van der Waals surface area contributed by atoms with Crippen molar-refractivity contribution in [2.45, 2.75) is 25.4 Å². The number of morpholine rings is 1. The van der Waals surface area contributed by atoms with Crippen LogP contribution >= 0.6 is 0 Å². The number of hydrogen-bond donors (Lipinski definition) is 2. The molecule has 6 nitrogen and oxygen atoms in total. The summed E-state index contributed by atoms with van der Waals surface area (Å²) in [5, 5.41) is 0. The monoisotopic (exact) mass is 231 g/mol. The molecule has 1 aliphatic heterocycles. The highest BCUT2D eigenvalue weighted by atomic mass is 16.5. The van der Waals surface area contributed by atoms with Crippen molar-refractivity contribution in [1.82, 2.24) is 10.3 Å². The van der Waals surface area contributed by atoms with E-state index in [2.05, 4.69) is 10.3 Å². The zero-order valence-electron chi connectivity index (χ0n) is 10.2. The highest BCUT2D eigenvalue weighted by Gasteiger charge is 2.38. The first-order chi connectivity index (χ1) is 7.53. The van der Waals surface area contributed by atoms with Crippen LogP contribution in [-0.4, -0.2) is 55.9 Å². The fourth-order valence-electron chi connectivity index (χ4n) is 2.01. The quantitative estimate of drug-likeness (QED) is 0.372. The lowest BCUT2D eigenvalue weighted by Crippen LogP contribution is -2.62. The van der Waals surface area contributed by atoms with Gasteiger partial charge in [0.2, 0.25) is 0 Å². The van der Waals surface area contributed by atoms with Gasteiger partial charge in [-0.1, -0.05) is 0 Å². The SMILES string of the molecule is COCC(C(=O)NN)N1CCOCC1(C)C. The highest BCUT2D eigenvalue weighted by molar-refractivity contribution is 5.81. The Kier molecular flexibility index (Phi) is 4.67. The van der Waals surface area contributed by atoms with E-state index in [1.807, 2.05) is 13.8 Å². The second kappa shape index (κ2) is 5.58. The standard InChI is InChI=1S/C10H21N3O3/c1-10(2)7-16-5-4-13(10)8(6-15-3)9(14)12-11/h8H,4-7,11H2,1-3H3,(H,12,14). The Balaban J connectivity index is 2.79. The third-order valence-corrected chi connectivity index (χ3v) is 2.85. The molecule has 0 radical (unpaired) electrons. The van der Waals surface area contributed by atoms with Crippen LogP contribution in [0.1, 0.15) is 13.8 Å². The van der Waals surface area contributed by atoms with Gasteiger partial charge in [-0.2, -0.15) is 0 Å². The van der Waals surface area contributed by atoms with Crippen LogP contribution in [0.2, 0.25) is 0 Å². The van der Waals surface area contributed by atoms with Crippen molar-refractivity contribution in [3.63, 3.8) is 0 Å². The third-order valence-electron chi connectivity index (χ3n) is 2.85. The van der Waals surface area contributed by atoms with E-state index >= 15 is 0 Å². The normalized spacial score (nSPS) is 22.8.